The molecule has 0 spiro atoms. The van der Waals surface area contributed by atoms with Gasteiger partial charge in [0.15, 0.2) is 22.7 Å². The smallest absolute Gasteiger partial charge is 0.338 e. The number of nitrogens with zero attached hydrogens (tertiary/aromatic N) is 5. The number of aryl methyl sites for hydroxylation is 1. The number of hydrogen-bond acceptors (Lipinski definition) is 10. The number of anilines is 1. The van der Waals surface area contributed by atoms with E-state index in [2.05, 4.69) is 10.3 Å². The van der Waals surface area contributed by atoms with E-state index < -0.39 is 17.2 Å². The summed E-state index contributed by atoms with van der Waals surface area (Å²) in [6.07, 6.45) is 0. The summed E-state index contributed by atoms with van der Waals surface area (Å²) in [5.74, 6) is 0.976. The average molecular weight is 503 g/mol. The van der Waals surface area contributed by atoms with E-state index in [1.165, 1.54) is 45.1 Å². The number of nitrogens with one attached hydrogen (secondary N) is 1. The number of piperazine rings is 1. The first-order chi connectivity index (χ1) is 17.3. The van der Waals surface area contributed by atoms with Gasteiger partial charge in [-0.3, -0.25) is 13.9 Å². The first kappa shape index (κ1) is 25.1. The molecule has 0 amide bonds. The van der Waals surface area contributed by atoms with E-state index in [9.17, 15) is 14.4 Å². The van der Waals surface area contributed by atoms with Gasteiger partial charge in [-0.05, 0) is 12.1 Å². The molecule has 194 valence electrons. The highest BCUT2D eigenvalue weighted by Gasteiger charge is 2.24. The highest BCUT2D eigenvalue weighted by atomic mass is 16.5. The Morgan fingerprint density at radius 1 is 1.00 bits per heavy atom. The molecule has 3 heterocycles. The van der Waals surface area contributed by atoms with Gasteiger partial charge in [-0.25, -0.2) is 9.59 Å². The summed E-state index contributed by atoms with van der Waals surface area (Å²) in [4.78, 5) is 45.0. The van der Waals surface area contributed by atoms with Crippen LogP contribution >= 0.6 is 0 Å². The fourth-order valence-corrected chi connectivity index (χ4v) is 4.26. The molecule has 13 nitrogen and oxygen atoms in total. The second kappa shape index (κ2) is 10.3. The molecular weight excluding hydrogens is 472 g/mol. The minimum Gasteiger partial charge on any atom is -0.493 e. The molecule has 1 aliphatic rings. The Kier molecular flexibility index (Phi) is 7.20. The topological polar surface area (TPSA) is 131 Å². The van der Waals surface area contributed by atoms with Crippen LogP contribution in [0.3, 0.4) is 0 Å². The highest BCUT2D eigenvalue weighted by Crippen LogP contribution is 2.38. The molecule has 1 aliphatic heterocycles. The van der Waals surface area contributed by atoms with Gasteiger partial charge < -0.3 is 33.7 Å². The Hall–Kier alpha value is -4.00. The molecule has 0 atom stereocenters. The maximum Gasteiger partial charge on any atom is 0.338 e. The average Bonchev–Trinajstić information content (AvgIpc) is 3.29. The van der Waals surface area contributed by atoms with E-state index in [0.717, 1.165) is 17.7 Å². The van der Waals surface area contributed by atoms with Crippen molar-refractivity contribution in [3.8, 4) is 17.2 Å². The van der Waals surface area contributed by atoms with Crippen LogP contribution in [0, 0.1) is 0 Å². The Balaban J connectivity index is 1.65. The standard InChI is InChI=1S/C23H30N6O7/c1-26-19-17(20(30)27(2)23(26)32)29(22(25-19)28-8-6-24-7-9-28)10-11-36-21(31)14-12-15(33-3)18(35-5)16(13-14)34-4/h12-13,24H,6-11H2,1-5H3. The number of rotatable bonds is 8. The van der Waals surface area contributed by atoms with Gasteiger partial charge in [0.05, 0.1) is 33.4 Å². The number of carbonyl (C=O) groups excluding carboxylic acids is 1. The molecule has 1 saturated heterocycles. The molecule has 1 aromatic carbocycles. The summed E-state index contributed by atoms with van der Waals surface area (Å²) in [5, 5.41) is 3.28. The predicted molar refractivity (Wildman–Crippen MR) is 132 cm³/mol. The Morgan fingerprint density at radius 2 is 1.64 bits per heavy atom. The SMILES string of the molecule is COc1cc(C(=O)OCCn2c(N3CCNCC3)nc3c2c(=O)n(C)c(=O)n3C)cc(OC)c1OC. The van der Waals surface area contributed by atoms with Gasteiger partial charge in [-0.2, -0.15) is 4.98 Å². The van der Waals surface area contributed by atoms with E-state index in [1.807, 2.05) is 4.90 Å². The summed E-state index contributed by atoms with van der Waals surface area (Å²) < 4.78 is 25.6. The molecule has 0 unspecified atom stereocenters. The summed E-state index contributed by atoms with van der Waals surface area (Å²) in [6, 6.07) is 3.02. The molecule has 0 saturated carbocycles. The minimum absolute atomic E-state index is 0.0357. The number of fused-ring (bicyclic) bond motifs is 1. The Bertz CT molecular complexity index is 1380. The maximum atomic E-state index is 13.0. The van der Waals surface area contributed by atoms with Gasteiger partial charge in [0.2, 0.25) is 11.7 Å². The third-order valence-corrected chi connectivity index (χ3v) is 6.18. The minimum atomic E-state index is -0.595. The number of methoxy groups -OCH3 is 3. The second-order valence-corrected chi connectivity index (χ2v) is 8.23. The molecular formula is C23H30N6O7. The van der Waals surface area contributed by atoms with E-state index >= 15 is 0 Å². The van der Waals surface area contributed by atoms with E-state index in [1.54, 1.807) is 11.6 Å². The van der Waals surface area contributed by atoms with Crippen molar-refractivity contribution in [1.29, 1.82) is 0 Å². The normalized spacial score (nSPS) is 13.6. The highest BCUT2D eigenvalue weighted by molar-refractivity contribution is 5.91. The van der Waals surface area contributed by atoms with Gasteiger partial charge in [-0.15, -0.1) is 0 Å². The van der Waals surface area contributed by atoms with Crippen molar-refractivity contribution in [2.24, 2.45) is 14.1 Å². The lowest BCUT2D eigenvalue weighted by atomic mass is 10.2. The molecule has 3 aromatic rings. The van der Waals surface area contributed by atoms with Crippen LogP contribution in [0.2, 0.25) is 0 Å². The van der Waals surface area contributed by atoms with Crippen molar-refractivity contribution < 1.29 is 23.7 Å². The van der Waals surface area contributed by atoms with Gasteiger partial charge in [0, 0.05) is 40.3 Å². The largest absolute Gasteiger partial charge is 0.493 e. The molecule has 4 rings (SSSR count). The Labute approximate surface area is 206 Å². The summed E-state index contributed by atoms with van der Waals surface area (Å²) in [5.41, 5.74) is -0.138. The number of ether oxygens (including phenoxy) is 4. The van der Waals surface area contributed by atoms with Crippen LogP contribution in [0.5, 0.6) is 17.2 Å². The number of carbonyl (C=O) groups is 1. The van der Waals surface area contributed by atoms with Gasteiger partial charge >= 0.3 is 11.7 Å². The molecule has 36 heavy (non-hydrogen) atoms. The predicted octanol–water partition coefficient (Wildman–Crippen LogP) is -0.274. The zero-order chi connectivity index (χ0) is 26.0. The fourth-order valence-electron chi connectivity index (χ4n) is 4.26. The van der Waals surface area contributed by atoms with Crippen molar-refractivity contribution in [1.82, 2.24) is 24.0 Å². The summed E-state index contributed by atoms with van der Waals surface area (Å²) in [7, 11) is 7.40. The third-order valence-electron chi connectivity index (χ3n) is 6.18. The first-order valence-corrected chi connectivity index (χ1v) is 11.4. The maximum absolute atomic E-state index is 13.0. The first-order valence-electron chi connectivity index (χ1n) is 11.4. The molecule has 2 aromatic heterocycles. The van der Waals surface area contributed by atoms with Crippen LogP contribution in [0.25, 0.3) is 11.2 Å². The zero-order valence-electron chi connectivity index (χ0n) is 21.0. The monoisotopic (exact) mass is 502 g/mol. The lowest BCUT2D eigenvalue weighted by Crippen LogP contribution is -2.44. The van der Waals surface area contributed by atoms with Crippen LogP contribution in [0.1, 0.15) is 10.4 Å². The summed E-state index contributed by atoms with van der Waals surface area (Å²) >= 11 is 0. The third kappa shape index (κ3) is 4.37. The van der Waals surface area contributed by atoms with Gasteiger partial charge in [0.1, 0.15) is 6.61 Å². The fraction of sp³-hybridized carbons (Fsp3) is 0.478. The number of imidazole rings is 1. The van der Waals surface area contributed by atoms with E-state index in [-0.39, 0.29) is 29.9 Å². The molecule has 1 N–H and O–H groups in total. The number of hydrogen-bond donors (Lipinski definition) is 1. The van der Waals surface area contributed by atoms with Crippen LogP contribution in [-0.4, -0.2) is 78.8 Å². The quantitative estimate of drug-likeness (QED) is 0.411. The summed E-state index contributed by atoms with van der Waals surface area (Å²) in [6.45, 7) is 3.02. The van der Waals surface area contributed by atoms with Crippen molar-refractivity contribution >= 4 is 23.1 Å². The molecule has 13 heteroatoms. The van der Waals surface area contributed by atoms with Crippen LogP contribution in [-0.2, 0) is 25.4 Å². The molecule has 0 radical (unpaired) electrons. The van der Waals surface area contributed by atoms with Crippen LogP contribution in [0.4, 0.5) is 5.95 Å². The number of aromatic nitrogens is 4. The lowest BCUT2D eigenvalue weighted by Gasteiger charge is -2.28. The van der Waals surface area contributed by atoms with Crippen LogP contribution < -0.4 is 35.7 Å². The molecule has 0 aliphatic carbocycles. The van der Waals surface area contributed by atoms with Gasteiger partial charge in [-0.1, -0.05) is 0 Å². The van der Waals surface area contributed by atoms with Crippen molar-refractivity contribution in [3.05, 3.63) is 38.5 Å². The zero-order valence-corrected chi connectivity index (χ0v) is 21.0. The lowest BCUT2D eigenvalue weighted by molar-refractivity contribution is 0.0491. The van der Waals surface area contributed by atoms with Crippen molar-refractivity contribution in [3.63, 3.8) is 0 Å². The van der Waals surface area contributed by atoms with E-state index in [4.69, 9.17) is 18.9 Å². The van der Waals surface area contributed by atoms with Crippen molar-refractivity contribution in [2.45, 2.75) is 6.54 Å². The molecule has 1 fully saturated rings. The molecule has 0 bridgehead atoms. The van der Waals surface area contributed by atoms with Crippen molar-refractivity contribution in [2.75, 3.05) is 59.0 Å². The second-order valence-electron chi connectivity index (χ2n) is 8.23. The van der Waals surface area contributed by atoms with Crippen LogP contribution in [0.15, 0.2) is 21.7 Å². The van der Waals surface area contributed by atoms with E-state index in [0.29, 0.717) is 36.3 Å². The Morgan fingerprint density at radius 3 is 2.22 bits per heavy atom. The number of esters is 1. The van der Waals surface area contributed by atoms with Gasteiger partial charge in [0.25, 0.3) is 5.56 Å². The number of benzene rings is 1.